The van der Waals surface area contributed by atoms with Crippen LogP contribution in [0.25, 0.3) is 0 Å². The van der Waals surface area contributed by atoms with Crippen molar-refractivity contribution in [3.8, 4) is 0 Å². The number of pyridine rings is 1. The van der Waals surface area contributed by atoms with E-state index in [0.29, 0.717) is 5.69 Å². The fourth-order valence-electron chi connectivity index (χ4n) is 2.25. The van der Waals surface area contributed by atoms with Crippen LogP contribution in [0, 0.1) is 0 Å². The Morgan fingerprint density at radius 1 is 0.633 bits per heavy atom. The van der Waals surface area contributed by atoms with Gasteiger partial charge in [0, 0.05) is 18.7 Å². The van der Waals surface area contributed by atoms with Crippen LogP contribution in [-0.4, -0.2) is 16.6 Å². The summed E-state index contributed by atoms with van der Waals surface area (Å²) in [6, 6.07) is 11.6. The number of aromatic nitrogens is 1. The first-order valence-electron chi connectivity index (χ1n) is 10.9. The van der Waals surface area contributed by atoms with Gasteiger partial charge in [0.2, 0.25) is 0 Å². The molecule has 0 aliphatic heterocycles. The molecule has 0 fully saturated rings. The molecule has 3 nitrogen and oxygen atoms in total. The second-order valence-electron chi connectivity index (χ2n) is 8.62. The second-order valence-corrected chi connectivity index (χ2v) is 8.62. The number of rotatable bonds is 2. The van der Waals surface area contributed by atoms with Crippen molar-refractivity contribution in [1.29, 1.82) is 0 Å². The third-order valence-corrected chi connectivity index (χ3v) is 4.15. The van der Waals surface area contributed by atoms with Crippen LogP contribution in [-0.2, 0) is 10.8 Å². The van der Waals surface area contributed by atoms with Crippen molar-refractivity contribution in [1.82, 2.24) is 4.98 Å². The van der Waals surface area contributed by atoms with Crippen molar-refractivity contribution in [2.75, 3.05) is 0 Å². The van der Waals surface area contributed by atoms with Gasteiger partial charge in [-0.05, 0) is 34.9 Å². The third-order valence-electron chi connectivity index (χ3n) is 4.15. The van der Waals surface area contributed by atoms with Gasteiger partial charge >= 0.3 is 0 Å². The van der Waals surface area contributed by atoms with Crippen LogP contribution in [0.4, 0.5) is 0 Å². The summed E-state index contributed by atoms with van der Waals surface area (Å²) < 4.78 is 0. The summed E-state index contributed by atoms with van der Waals surface area (Å²) in [7, 11) is 0. The molecule has 0 bridgehead atoms. The van der Waals surface area contributed by atoms with Crippen LogP contribution < -0.4 is 0 Å². The SMILES string of the molecule is CC.CC.CC(=O)c1ccc(C(C)(C)C)cc1.CC(=O)c1ccc(C(C)(C)C)cn1. The topological polar surface area (TPSA) is 47.0 Å². The smallest absolute Gasteiger partial charge is 0.178 e. The number of benzene rings is 1. The van der Waals surface area contributed by atoms with Crippen LogP contribution in [0.5, 0.6) is 0 Å². The molecular weight excluding hydrogens is 370 g/mol. The number of nitrogens with zero attached hydrogens (tertiary/aromatic N) is 1. The van der Waals surface area contributed by atoms with E-state index >= 15 is 0 Å². The number of ketones is 2. The lowest BCUT2D eigenvalue weighted by Crippen LogP contribution is -2.12. The average Bonchev–Trinajstić information content (AvgIpc) is 2.70. The lowest BCUT2D eigenvalue weighted by Gasteiger charge is -2.18. The van der Waals surface area contributed by atoms with Gasteiger partial charge in [0.15, 0.2) is 11.6 Å². The zero-order valence-electron chi connectivity index (χ0n) is 21.3. The minimum atomic E-state index is 0.0143. The Morgan fingerprint density at radius 2 is 1.03 bits per heavy atom. The van der Waals surface area contributed by atoms with E-state index in [-0.39, 0.29) is 22.4 Å². The van der Waals surface area contributed by atoms with E-state index in [1.165, 1.54) is 12.5 Å². The van der Waals surface area contributed by atoms with Crippen LogP contribution >= 0.6 is 0 Å². The van der Waals surface area contributed by atoms with Gasteiger partial charge in [-0.15, -0.1) is 0 Å². The minimum Gasteiger partial charge on any atom is -0.295 e. The summed E-state index contributed by atoms with van der Waals surface area (Å²) in [5.74, 6) is 0.140. The van der Waals surface area contributed by atoms with Gasteiger partial charge in [-0.25, -0.2) is 0 Å². The lowest BCUT2D eigenvalue weighted by atomic mass is 9.86. The fourth-order valence-corrected chi connectivity index (χ4v) is 2.25. The normalized spacial score (nSPS) is 10.3. The van der Waals surface area contributed by atoms with Crippen molar-refractivity contribution >= 4 is 11.6 Å². The Hall–Kier alpha value is -2.29. The molecule has 1 heterocycles. The largest absolute Gasteiger partial charge is 0.295 e. The average molecular weight is 414 g/mol. The molecule has 30 heavy (non-hydrogen) atoms. The molecule has 0 aliphatic carbocycles. The zero-order chi connectivity index (χ0) is 24.1. The molecule has 0 aliphatic rings. The van der Waals surface area contributed by atoms with E-state index in [0.717, 1.165) is 11.1 Å². The number of hydrogen-bond acceptors (Lipinski definition) is 3. The van der Waals surface area contributed by atoms with Gasteiger partial charge in [0.1, 0.15) is 5.69 Å². The predicted molar refractivity (Wildman–Crippen MR) is 131 cm³/mol. The molecular formula is C27H43NO2. The van der Waals surface area contributed by atoms with Crippen LogP contribution in [0.2, 0.25) is 0 Å². The molecule has 0 radical (unpaired) electrons. The van der Waals surface area contributed by atoms with E-state index in [2.05, 4.69) is 46.5 Å². The number of hydrogen-bond donors (Lipinski definition) is 0. The van der Waals surface area contributed by atoms with Crippen molar-refractivity contribution in [2.24, 2.45) is 0 Å². The Kier molecular flexibility index (Phi) is 13.8. The molecule has 0 saturated heterocycles. The minimum absolute atomic E-state index is 0.0143. The van der Waals surface area contributed by atoms with Crippen LogP contribution in [0.15, 0.2) is 42.6 Å². The Bertz CT molecular complexity index is 676. The highest BCUT2D eigenvalue weighted by Gasteiger charge is 2.14. The molecule has 1 aromatic heterocycles. The number of carbonyl (C=O) groups excluding carboxylic acids is 2. The van der Waals surface area contributed by atoms with E-state index in [1.807, 2.05) is 58.0 Å². The molecule has 2 rings (SSSR count). The summed E-state index contributed by atoms with van der Waals surface area (Å²) in [6.07, 6.45) is 1.77. The lowest BCUT2D eigenvalue weighted by molar-refractivity contribution is 0.100. The molecule has 0 amide bonds. The molecule has 2 aromatic rings. The molecule has 0 N–H and O–H groups in total. The van der Waals surface area contributed by atoms with Crippen LogP contribution in [0.3, 0.4) is 0 Å². The molecule has 0 unspecified atom stereocenters. The molecule has 1 aromatic carbocycles. The monoisotopic (exact) mass is 413 g/mol. The van der Waals surface area contributed by atoms with Crippen LogP contribution in [0.1, 0.15) is 115 Å². The van der Waals surface area contributed by atoms with Crippen molar-refractivity contribution < 1.29 is 9.59 Å². The quantitative estimate of drug-likeness (QED) is 0.471. The van der Waals surface area contributed by atoms with E-state index in [9.17, 15) is 9.59 Å². The highest BCUT2D eigenvalue weighted by molar-refractivity contribution is 5.94. The van der Waals surface area contributed by atoms with E-state index in [1.54, 1.807) is 19.2 Å². The molecule has 3 heteroatoms. The van der Waals surface area contributed by atoms with Crippen molar-refractivity contribution in [3.05, 3.63) is 65.0 Å². The van der Waals surface area contributed by atoms with Gasteiger partial charge in [-0.3, -0.25) is 14.6 Å². The number of carbonyl (C=O) groups is 2. The second kappa shape index (κ2) is 13.8. The van der Waals surface area contributed by atoms with E-state index < -0.39 is 0 Å². The van der Waals surface area contributed by atoms with Gasteiger partial charge in [-0.1, -0.05) is 99.6 Å². The third kappa shape index (κ3) is 11.0. The highest BCUT2D eigenvalue weighted by atomic mass is 16.1. The van der Waals surface area contributed by atoms with Gasteiger partial charge in [-0.2, -0.15) is 0 Å². The maximum atomic E-state index is 11.0. The molecule has 0 atom stereocenters. The van der Waals surface area contributed by atoms with Crippen molar-refractivity contribution in [2.45, 2.75) is 93.9 Å². The Labute approximate surface area is 185 Å². The standard InChI is InChI=1S/C12H16O.C11H15NO.2C2H6/c1-9(13)10-5-7-11(8-6-10)12(2,3)4;1-8(13)10-6-5-9(7-12-10)11(2,3)4;2*1-2/h5-8H,1-4H3;5-7H,1-4H3;2*1-2H3. The Morgan fingerprint density at radius 3 is 1.30 bits per heavy atom. The first-order chi connectivity index (χ1) is 13.8. The predicted octanol–water partition coefficient (Wildman–Crippen LogP) is 7.82. The van der Waals surface area contributed by atoms with Gasteiger partial charge < -0.3 is 0 Å². The Balaban J connectivity index is 0. The number of Topliss-reactive ketones (excluding diaryl/α,β-unsaturated/α-hetero) is 2. The maximum Gasteiger partial charge on any atom is 0.178 e. The van der Waals surface area contributed by atoms with Gasteiger partial charge in [0.05, 0.1) is 0 Å². The van der Waals surface area contributed by atoms with Gasteiger partial charge in [0.25, 0.3) is 0 Å². The first-order valence-corrected chi connectivity index (χ1v) is 10.9. The molecule has 0 spiro atoms. The first kappa shape index (κ1) is 29.9. The zero-order valence-corrected chi connectivity index (χ0v) is 21.3. The summed E-state index contributed by atoms with van der Waals surface area (Å²) in [4.78, 5) is 26.0. The van der Waals surface area contributed by atoms with E-state index in [4.69, 9.17) is 0 Å². The van der Waals surface area contributed by atoms with Crippen molar-refractivity contribution in [3.63, 3.8) is 0 Å². The molecule has 0 saturated carbocycles. The highest BCUT2D eigenvalue weighted by Crippen LogP contribution is 2.22. The summed E-state index contributed by atoms with van der Waals surface area (Å²) >= 11 is 0. The summed E-state index contributed by atoms with van der Waals surface area (Å²) in [5, 5.41) is 0. The molecule has 168 valence electrons. The summed E-state index contributed by atoms with van der Waals surface area (Å²) in [6.45, 7) is 24.0. The summed E-state index contributed by atoms with van der Waals surface area (Å²) in [5.41, 5.74) is 3.99. The maximum absolute atomic E-state index is 11.0. The fraction of sp³-hybridized carbons (Fsp3) is 0.519.